The second kappa shape index (κ2) is 59.9. The average Bonchev–Trinajstić information content (AvgIpc) is 3.36. The standard InChI is InChI=1S/C64H123NO5/c1-3-5-7-9-11-13-15-17-18-19-20-24-27-30-33-36-40-44-48-52-56-62(67)61(60-66)65-63(68)57-53-49-45-41-37-34-31-28-25-22-21-23-26-29-32-35-39-43-47-51-55-59-70-64(69)58-54-50-46-42-38-16-14-12-10-8-6-4-2/h12,14,22,25,61-62,66-67H,3-11,13,15-21,23-24,26-60H2,1-2H3,(H,65,68)/b14-12-,25-22-. The minimum absolute atomic E-state index is 0.00139. The van der Waals surface area contributed by atoms with Crippen LogP contribution in [0.3, 0.4) is 0 Å². The normalized spacial score (nSPS) is 12.7. The maximum absolute atomic E-state index is 12.5. The van der Waals surface area contributed by atoms with Crippen molar-refractivity contribution in [1.82, 2.24) is 5.32 Å². The van der Waals surface area contributed by atoms with Crippen molar-refractivity contribution in [2.75, 3.05) is 13.2 Å². The molecule has 2 atom stereocenters. The first-order valence-corrected chi connectivity index (χ1v) is 31.6. The number of hydrogen-bond donors (Lipinski definition) is 3. The monoisotopic (exact) mass is 986 g/mol. The third-order valence-corrected chi connectivity index (χ3v) is 14.7. The number of unbranched alkanes of at least 4 members (excludes halogenated alkanes) is 44. The number of hydrogen-bond acceptors (Lipinski definition) is 5. The van der Waals surface area contributed by atoms with Gasteiger partial charge in [0.05, 0.1) is 25.4 Å². The lowest BCUT2D eigenvalue weighted by molar-refractivity contribution is -0.143. The highest BCUT2D eigenvalue weighted by molar-refractivity contribution is 5.76. The number of carbonyl (C=O) groups is 2. The van der Waals surface area contributed by atoms with Crippen molar-refractivity contribution >= 4 is 11.9 Å². The predicted octanol–water partition coefficient (Wildman–Crippen LogP) is 19.8. The summed E-state index contributed by atoms with van der Waals surface area (Å²) in [4.78, 5) is 24.5. The number of aliphatic hydroxyl groups is 2. The minimum atomic E-state index is -0.670. The highest BCUT2D eigenvalue weighted by Crippen LogP contribution is 2.18. The molecule has 0 aromatic heterocycles. The molecule has 6 nitrogen and oxygen atoms in total. The van der Waals surface area contributed by atoms with Gasteiger partial charge in [0.2, 0.25) is 5.91 Å². The van der Waals surface area contributed by atoms with Crippen molar-refractivity contribution in [3.8, 4) is 0 Å². The topological polar surface area (TPSA) is 95.9 Å². The van der Waals surface area contributed by atoms with Gasteiger partial charge in [-0.2, -0.15) is 0 Å². The molecule has 70 heavy (non-hydrogen) atoms. The second-order valence-electron chi connectivity index (χ2n) is 21.7. The summed E-state index contributed by atoms with van der Waals surface area (Å²) >= 11 is 0. The molecule has 1 amide bonds. The molecular weight excluding hydrogens is 863 g/mol. The zero-order valence-corrected chi connectivity index (χ0v) is 47.3. The Bertz CT molecular complexity index is 1090. The van der Waals surface area contributed by atoms with Gasteiger partial charge in [-0.15, -0.1) is 0 Å². The Kier molecular flexibility index (Phi) is 58.5. The van der Waals surface area contributed by atoms with E-state index < -0.39 is 12.1 Å². The summed E-state index contributed by atoms with van der Waals surface area (Å²) in [5.74, 6) is -0.0411. The van der Waals surface area contributed by atoms with Crippen LogP contribution in [0.4, 0.5) is 0 Å². The maximum atomic E-state index is 12.5. The molecule has 2 unspecified atom stereocenters. The van der Waals surface area contributed by atoms with E-state index in [2.05, 4.69) is 43.5 Å². The molecule has 0 radical (unpaired) electrons. The minimum Gasteiger partial charge on any atom is -0.466 e. The van der Waals surface area contributed by atoms with E-state index in [9.17, 15) is 19.8 Å². The molecule has 0 saturated carbocycles. The first-order valence-electron chi connectivity index (χ1n) is 31.6. The van der Waals surface area contributed by atoms with Crippen LogP contribution >= 0.6 is 0 Å². The zero-order chi connectivity index (χ0) is 50.7. The summed E-state index contributed by atoms with van der Waals surface area (Å²) < 4.78 is 5.46. The fourth-order valence-corrected chi connectivity index (χ4v) is 9.87. The van der Waals surface area contributed by atoms with Crippen molar-refractivity contribution in [2.45, 2.75) is 360 Å². The van der Waals surface area contributed by atoms with E-state index in [1.165, 1.54) is 270 Å². The lowest BCUT2D eigenvalue weighted by atomic mass is 10.0. The van der Waals surface area contributed by atoms with E-state index >= 15 is 0 Å². The summed E-state index contributed by atoms with van der Waals surface area (Å²) in [6.45, 7) is 4.94. The summed E-state index contributed by atoms with van der Waals surface area (Å²) in [7, 11) is 0. The van der Waals surface area contributed by atoms with E-state index in [-0.39, 0.29) is 18.5 Å². The van der Waals surface area contributed by atoms with Gasteiger partial charge in [-0.3, -0.25) is 9.59 Å². The van der Waals surface area contributed by atoms with Gasteiger partial charge < -0.3 is 20.3 Å². The molecule has 0 bridgehead atoms. The van der Waals surface area contributed by atoms with Crippen LogP contribution in [0.25, 0.3) is 0 Å². The van der Waals surface area contributed by atoms with E-state index in [1.54, 1.807) is 0 Å². The van der Waals surface area contributed by atoms with Gasteiger partial charge in [0.1, 0.15) is 0 Å². The molecule has 0 aromatic rings. The molecule has 414 valence electrons. The summed E-state index contributed by atoms with van der Waals surface area (Å²) in [5.41, 5.74) is 0. The van der Waals surface area contributed by atoms with Crippen LogP contribution in [0.1, 0.15) is 348 Å². The molecule has 3 N–H and O–H groups in total. The average molecular weight is 987 g/mol. The lowest BCUT2D eigenvalue weighted by Gasteiger charge is -2.22. The Morgan fingerprint density at radius 1 is 0.386 bits per heavy atom. The van der Waals surface area contributed by atoms with Gasteiger partial charge in [0.25, 0.3) is 0 Å². The fraction of sp³-hybridized carbons (Fsp3) is 0.906. The Balaban J connectivity index is 3.43. The third-order valence-electron chi connectivity index (χ3n) is 14.7. The fourth-order valence-electron chi connectivity index (χ4n) is 9.87. The van der Waals surface area contributed by atoms with Crippen molar-refractivity contribution in [2.24, 2.45) is 0 Å². The summed E-state index contributed by atoms with van der Waals surface area (Å²) in [6, 6.07) is -0.548. The van der Waals surface area contributed by atoms with Gasteiger partial charge in [-0.05, 0) is 77.0 Å². The number of ether oxygens (including phenoxy) is 1. The third kappa shape index (κ3) is 55.7. The van der Waals surface area contributed by atoms with Crippen LogP contribution in [0.15, 0.2) is 24.3 Å². The van der Waals surface area contributed by atoms with Crippen molar-refractivity contribution in [1.29, 1.82) is 0 Å². The van der Waals surface area contributed by atoms with Gasteiger partial charge in [-0.1, -0.05) is 282 Å². The molecule has 6 heteroatoms. The molecule has 0 aliphatic rings. The number of aliphatic hydroxyl groups excluding tert-OH is 2. The Morgan fingerprint density at radius 3 is 1.04 bits per heavy atom. The van der Waals surface area contributed by atoms with E-state index in [0.29, 0.717) is 25.9 Å². The van der Waals surface area contributed by atoms with Crippen LogP contribution in [0.2, 0.25) is 0 Å². The Hall–Kier alpha value is -1.66. The first-order chi connectivity index (χ1) is 34.5. The predicted molar refractivity (Wildman–Crippen MR) is 306 cm³/mol. The summed E-state index contributed by atoms with van der Waals surface area (Å²) in [5, 5.41) is 23.4. The van der Waals surface area contributed by atoms with Crippen molar-refractivity contribution < 1.29 is 24.5 Å². The smallest absolute Gasteiger partial charge is 0.305 e. The number of esters is 1. The summed E-state index contributed by atoms with van der Waals surface area (Å²) in [6.07, 6.45) is 73.3. The molecule has 0 aliphatic heterocycles. The van der Waals surface area contributed by atoms with Crippen molar-refractivity contribution in [3.05, 3.63) is 24.3 Å². The molecule has 0 fully saturated rings. The number of allylic oxidation sites excluding steroid dienone is 4. The highest BCUT2D eigenvalue weighted by Gasteiger charge is 2.20. The van der Waals surface area contributed by atoms with Crippen molar-refractivity contribution in [3.63, 3.8) is 0 Å². The molecular formula is C64H123NO5. The van der Waals surface area contributed by atoms with E-state index in [4.69, 9.17) is 4.74 Å². The number of carbonyl (C=O) groups excluding carboxylic acids is 2. The van der Waals surface area contributed by atoms with Gasteiger partial charge in [-0.25, -0.2) is 0 Å². The molecule has 0 spiro atoms. The van der Waals surface area contributed by atoms with Crippen LogP contribution in [-0.2, 0) is 14.3 Å². The van der Waals surface area contributed by atoms with E-state index in [1.807, 2.05) is 0 Å². The maximum Gasteiger partial charge on any atom is 0.305 e. The Labute approximate surface area is 437 Å². The zero-order valence-electron chi connectivity index (χ0n) is 47.3. The van der Waals surface area contributed by atoms with Crippen LogP contribution in [-0.4, -0.2) is 47.4 Å². The van der Waals surface area contributed by atoms with E-state index in [0.717, 1.165) is 44.9 Å². The molecule has 0 aromatic carbocycles. The van der Waals surface area contributed by atoms with Gasteiger partial charge >= 0.3 is 5.97 Å². The molecule has 0 heterocycles. The number of rotatable bonds is 59. The number of nitrogens with one attached hydrogen (secondary N) is 1. The molecule has 0 rings (SSSR count). The van der Waals surface area contributed by atoms with Crippen LogP contribution in [0.5, 0.6) is 0 Å². The largest absolute Gasteiger partial charge is 0.466 e. The van der Waals surface area contributed by atoms with Crippen LogP contribution < -0.4 is 5.32 Å². The Morgan fingerprint density at radius 2 is 0.671 bits per heavy atom. The lowest BCUT2D eigenvalue weighted by Crippen LogP contribution is -2.45. The van der Waals surface area contributed by atoms with Crippen LogP contribution in [0, 0.1) is 0 Å². The second-order valence-corrected chi connectivity index (χ2v) is 21.7. The highest BCUT2D eigenvalue weighted by atomic mass is 16.5. The SMILES string of the molecule is CCCCC/C=C\CCCCCCCC(=O)OCCCCCCCCCCCC/C=C\CCCCCCCCCC(=O)NC(CO)C(O)CCCCCCCCCCCCCCCCCCCCCC. The molecule has 0 aliphatic carbocycles. The molecule has 0 saturated heterocycles. The van der Waals surface area contributed by atoms with Gasteiger partial charge in [0.15, 0.2) is 0 Å². The number of amides is 1. The first kappa shape index (κ1) is 68.3. The van der Waals surface area contributed by atoms with Gasteiger partial charge in [0, 0.05) is 12.8 Å². The quantitative estimate of drug-likeness (QED) is 0.0321.